The van der Waals surface area contributed by atoms with Gasteiger partial charge >= 0.3 is 10.3 Å². The summed E-state index contributed by atoms with van der Waals surface area (Å²) in [5, 5.41) is 24.6. The number of nitrogens with zero attached hydrogens (tertiary/aromatic N) is 4. The van der Waals surface area contributed by atoms with E-state index in [2.05, 4.69) is 24.3 Å². The molecule has 0 amide bonds. The van der Waals surface area contributed by atoms with Crippen LogP contribution in [0.1, 0.15) is 7.60 Å². The Bertz CT molecular complexity index is 912. The molecule has 0 radical (unpaired) electrons. The van der Waals surface area contributed by atoms with Crippen molar-refractivity contribution < 1.29 is 33.3 Å². The van der Waals surface area contributed by atoms with Gasteiger partial charge in [0.05, 0.1) is 7.70 Å². The second kappa shape index (κ2) is 5.54. The summed E-state index contributed by atoms with van der Waals surface area (Å²) in [5.41, 5.74) is 5.81. The molecule has 3 rings (SSSR count). The Hall–Kier alpha value is -1.97. The van der Waals surface area contributed by atoms with E-state index in [1.54, 1.807) is 0 Å². The van der Waals surface area contributed by atoms with Crippen molar-refractivity contribution in [3.05, 3.63) is 12.7 Å². The van der Waals surface area contributed by atoms with Gasteiger partial charge in [-0.1, -0.05) is 0 Å². The molecule has 1 fully saturated rings. The van der Waals surface area contributed by atoms with Crippen LogP contribution in [0.4, 0.5) is 10.2 Å². The number of halogens is 1. The number of aliphatic hydroxyl groups is 2. The summed E-state index contributed by atoms with van der Waals surface area (Å²) in [4.78, 5) is 11.5. The third-order valence-electron chi connectivity index (χ3n) is 3.32. The minimum atomic E-state index is -4.71. The summed E-state index contributed by atoms with van der Waals surface area (Å²) < 4.78 is 54.0. The Morgan fingerprint density at radius 2 is 2.21 bits per heavy atom. The molecule has 0 aliphatic carbocycles. The lowest BCUT2D eigenvalue weighted by Crippen LogP contribution is -2.44. The van der Waals surface area contributed by atoms with Crippen LogP contribution in [0.3, 0.4) is 0 Å². The molecule has 12 nitrogen and oxygen atoms in total. The van der Waals surface area contributed by atoms with Gasteiger partial charge in [0.15, 0.2) is 17.7 Å². The summed E-state index contributed by atoms with van der Waals surface area (Å²) in [5.74, 6) is -3.38. The van der Waals surface area contributed by atoms with Crippen LogP contribution in [0.2, 0.25) is 0 Å². The van der Waals surface area contributed by atoms with E-state index in [4.69, 9.17) is 11.8 Å². The number of ether oxygens (including phenoxy) is 1. The third kappa shape index (κ3) is 2.79. The molecule has 5 atom stereocenters. The topological polar surface area (TPSA) is 189 Å². The second-order valence-corrected chi connectivity index (χ2v) is 6.11. The minimum Gasteiger partial charge on any atom is -0.385 e. The number of nitrogens with two attached hydrogens (primary N) is 2. The molecule has 6 N–H and O–H groups in total. The minimum absolute atomic E-state index is 0.0132. The number of hydrogen-bond acceptors (Lipinski definition) is 10. The Kier molecular flexibility index (Phi) is 3.59. The highest BCUT2D eigenvalue weighted by molar-refractivity contribution is 7.84. The highest BCUT2D eigenvalue weighted by Crippen LogP contribution is 2.39. The first-order valence-corrected chi connectivity index (χ1v) is 7.81. The predicted octanol–water partition coefficient (Wildman–Crippen LogP) is -2.45. The van der Waals surface area contributed by atoms with Crippen LogP contribution in [-0.4, -0.2) is 62.8 Å². The number of fused-ring (bicyclic) bond motifs is 1. The van der Waals surface area contributed by atoms with Gasteiger partial charge in [0.25, 0.3) is 5.85 Å². The molecule has 1 unspecified atom stereocenters. The molecule has 0 aromatic carbocycles. The Labute approximate surface area is 135 Å². The molecular weight excluding hydrogens is 351 g/mol. The lowest BCUT2D eigenvalue weighted by molar-refractivity contribution is -0.201. The Balaban J connectivity index is 1.98. The summed E-state index contributed by atoms with van der Waals surface area (Å²) >= 11 is 0. The number of aromatic nitrogens is 4. The summed E-state index contributed by atoms with van der Waals surface area (Å²) in [7, 11) is -4.71. The molecule has 1 aliphatic rings. The van der Waals surface area contributed by atoms with Gasteiger partial charge in [0.2, 0.25) is 0 Å². The highest BCUT2D eigenvalue weighted by Gasteiger charge is 2.57. The van der Waals surface area contributed by atoms with Crippen LogP contribution >= 0.6 is 0 Å². The van der Waals surface area contributed by atoms with Crippen molar-refractivity contribution in [1.29, 1.82) is 0 Å². The zero-order chi connectivity index (χ0) is 18.6. The first-order valence-electron chi connectivity index (χ1n) is 6.91. The van der Waals surface area contributed by atoms with Crippen LogP contribution in [0.5, 0.6) is 0 Å². The van der Waals surface area contributed by atoms with E-state index in [-0.39, 0.29) is 17.0 Å². The molecule has 24 heavy (non-hydrogen) atoms. The number of hydrogen-bond donors (Lipinski definition) is 4. The fourth-order valence-corrected chi connectivity index (χ4v) is 2.49. The smallest absolute Gasteiger partial charge is 0.333 e. The zero-order valence-electron chi connectivity index (χ0n) is 12.7. The Morgan fingerprint density at radius 3 is 2.88 bits per heavy atom. The Morgan fingerprint density at radius 1 is 1.50 bits per heavy atom. The lowest BCUT2D eigenvalue weighted by Gasteiger charge is -2.21. The summed E-state index contributed by atoms with van der Waals surface area (Å²) in [6.45, 7) is -2.59. The molecule has 0 spiro atoms. The number of rotatable bonds is 4. The van der Waals surface area contributed by atoms with Gasteiger partial charge in [0, 0.05) is 0 Å². The van der Waals surface area contributed by atoms with Gasteiger partial charge in [-0.25, -0.2) is 24.5 Å². The SMILES string of the molecule is [2H]C(OS(N)(=O)=O)[C@@]1(F)O[C@@H](n2cnc3c(N)ncnc32)[C@H](O)[C@@H]1O. The second-order valence-electron chi connectivity index (χ2n) is 4.93. The normalized spacial score (nSPS) is 32.8. The quantitative estimate of drug-likeness (QED) is 0.452. The van der Waals surface area contributed by atoms with Crippen molar-refractivity contribution in [3.63, 3.8) is 0 Å². The number of anilines is 1. The number of nitrogen functional groups attached to an aromatic ring is 1. The van der Waals surface area contributed by atoms with Crippen LogP contribution in [0, 0.1) is 0 Å². The van der Waals surface area contributed by atoms with E-state index in [1.807, 2.05) is 0 Å². The van der Waals surface area contributed by atoms with Crippen LogP contribution in [0.25, 0.3) is 11.2 Å². The summed E-state index contributed by atoms with van der Waals surface area (Å²) in [6, 6.07) is 0. The molecule has 132 valence electrons. The zero-order valence-corrected chi connectivity index (χ0v) is 12.5. The molecule has 0 saturated carbocycles. The van der Waals surface area contributed by atoms with Gasteiger partial charge in [-0.05, 0) is 0 Å². The lowest BCUT2D eigenvalue weighted by atomic mass is 10.1. The average molecular weight is 365 g/mol. The predicted molar refractivity (Wildman–Crippen MR) is 74.8 cm³/mol. The first-order chi connectivity index (χ1) is 11.5. The van der Waals surface area contributed by atoms with Crippen molar-refractivity contribution in [2.75, 3.05) is 12.3 Å². The summed E-state index contributed by atoms with van der Waals surface area (Å²) in [6.07, 6.45) is -3.64. The molecule has 1 saturated heterocycles. The third-order valence-corrected chi connectivity index (χ3v) is 3.69. The molecule has 0 bridgehead atoms. The fraction of sp³-hybridized carbons (Fsp3) is 0.500. The van der Waals surface area contributed by atoms with Crippen molar-refractivity contribution in [1.82, 2.24) is 19.5 Å². The first kappa shape index (κ1) is 15.6. The van der Waals surface area contributed by atoms with Crippen molar-refractivity contribution in [2.45, 2.75) is 24.3 Å². The van der Waals surface area contributed by atoms with Crippen molar-refractivity contribution >= 4 is 27.3 Å². The number of aliphatic hydroxyl groups excluding tert-OH is 2. The maximum Gasteiger partial charge on any atom is 0.333 e. The van der Waals surface area contributed by atoms with E-state index in [9.17, 15) is 23.0 Å². The van der Waals surface area contributed by atoms with Crippen molar-refractivity contribution in [3.8, 4) is 0 Å². The van der Waals surface area contributed by atoms with Gasteiger partial charge in [-0.15, -0.1) is 0 Å². The average Bonchev–Trinajstić information content (AvgIpc) is 3.02. The highest BCUT2D eigenvalue weighted by atomic mass is 32.2. The fourth-order valence-electron chi connectivity index (χ4n) is 2.22. The largest absolute Gasteiger partial charge is 0.385 e. The molecule has 2 aromatic rings. The molecule has 3 heterocycles. The molecule has 14 heteroatoms. The van der Waals surface area contributed by atoms with Crippen LogP contribution in [0.15, 0.2) is 12.7 Å². The number of imidazole rings is 1. The van der Waals surface area contributed by atoms with Gasteiger partial charge in [0.1, 0.15) is 30.6 Å². The maximum absolute atomic E-state index is 14.8. The standard InChI is InChI=1S/C10H13FN6O6S/c11-10(1-22-24(13,20)21)6(19)5(18)9(23-10)17-3-16-4-7(12)14-2-15-8(4)17/h2-3,5-6,9,18-19H,1H2,(H2,12,14,15)(H2,13,20,21)/t5-,6+,9-,10-/m1/s1/i1D/t1?,5-,6+,9-,10-. The maximum atomic E-state index is 14.8. The molecule has 2 aromatic heterocycles. The van der Waals surface area contributed by atoms with Gasteiger partial charge in [-0.2, -0.15) is 8.42 Å². The van der Waals surface area contributed by atoms with E-state index in [0.717, 1.165) is 17.2 Å². The molecule has 1 aliphatic heterocycles. The van der Waals surface area contributed by atoms with Gasteiger partial charge < -0.3 is 20.7 Å². The number of alkyl halides is 1. The van der Waals surface area contributed by atoms with E-state index < -0.39 is 41.2 Å². The van der Waals surface area contributed by atoms with Crippen molar-refractivity contribution in [2.24, 2.45) is 5.14 Å². The monoisotopic (exact) mass is 365 g/mol. The van der Waals surface area contributed by atoms with E-state index in [0.29, 0.717) is 0 Å². The van der Waals surface area contributed by atoms with E-state index in [1.165, 1.54) is 0 Å². The van der Waals surface area contributed by atoms with Gasteiger partial charge in [-0.3, -0.25) is 8.75 Å². The van der Waals surface area contributed by atoms with Crippen LogP contribution < -0.4 is 10.9 Å². The van der Waals surface area contributed by atoms with E-state index >= 15 is 0 Å². The van der Waals surface area contributed by atoms with Crippen LogP contribution in [-0.2, 0) is 19.2 Å². The molecular formula is C10H13FN6O6S.